The average Bonchev–Trinajstić information content (AvgIpc) is 3.23. The molecule has 0 aliphatic carbocycles. The Morgan fingerprint density at radius 3 is 2.77 bits per heavy atom. The number of aromatic nitrogens is 1. The SMILES string of the molecule is CCCS(=O)(=O)N1CCCC1C(=O)OCc1csc(N(CC)C(C)=O)n1. The quantitative estimate of drug-likeness (QED) is 0.614. The summed E-state index contributed by atoms with van der Waals surface area (Å²) in [4.78, 5) is 29.8. The zero-order chi connectivity index (χ0) is 19.3. The Balaban J connectivity index is 1.98. The minimum absolute atomic E-state index is 0.0319. The minimum Gasteiger partial charge on any atom is -0.458 e. The van der Waals surface area contributed by atoms with Crippen molar-refractivity contribution in [2.75, 3.05) is 23.7 Å². The lowest BCUT2D eigenvalue weighted by atomic mass is 10.2. The van der Waals surface area contributed by atoms with Crippen LogP contribution in [0.25, 0.3) is 0 Å². The molecule has 1 atom stereocenters. The van der Waals surface area contributed by atoms with Crippen molar-refractivity contribution in [3.05, 3.63) is 11.1 Å². The molecule has 146 valence electrons. The zero-order valence-electron chi connectivity index (χ0n) is 15.3. The molecule has 0 bridgehead atoms. The highest BCUT2D eigenvalue weighted by Crippen LogP contribution is 2.24. The summed E-state index contributed by atoms with van der Waals surface area (Å²) < 4.78 is 31.1. The number of anilines is 1. The summed E-state index contributed by atoms with van der Waals surface area (Å²) in [6.07, 6.45) is 1.62. The molecule has 2 heterocycles. The van der Waals surface area contributed by atoms with E-state index >= 15 is 0 Å². The Kier molecular flexibility index (Phi) is 7.13. The fourth-order valence-corrected chi connectivity index (χ4v) is 5.56. The Morgan fingerprint density at radius 1 is 1.42 bits per heavy atom. The van der Waals surface area contributed by atoms with Crippen molar-refractivity contribution in [3.63, 3.8) is 0 Å². The molecule has 0 saturated carbocycles. The first-order valence-corrected chi connectivity index (χ1v) is 11.2. The van der Waals surface area contributed by atoms with E-state index in [0.717, 1.165) is 0 Å². The third kappa shape index (κ3) is 4.80. The number of rotatable bonds is 8. The van der Waals surface area contributed by atoms with Gasteiger partial charge in [-0.05, 0) is 26.2 Å². The van der Waals surface area contributed by atoms with Crippen molar-refractivity contribution in [2.24, 2.45) is 0 Å². The highest BCUT2D eigenvalue weighted by molar-refractivity contribution is 7.89. The molecule has 0 radical (unpaired) electrons. The molecule has 1 aliphatic heterocycles. The van der Waals surface area contributed by atoms with E-state index in [-0.39, 0.29) is 18.3 Å². The maximum atomic E-state index is 12.4. The van der Waals surface area contributed by atoms with Gasteiger partial charge in [0.25, 0.3) is 0 Å². The lowest BCUT2D eigenvalue weighted by Crippen LogP contribution is -2.42. The van der Waals surface area contributed by atoms with Crippen molar-refractivity contribution >= 4 is 38.4 Å². The molecule has 1 saturated heterocycles. The van der Waals surface area contributed by atoms with Gasteiger partial charge in [0.05, 0.1) is 11.4 Å². The maximum Gasteiger partial charge on any atom is 0.324 e. The second kappa shape index (κ2) is 8.92. The average molecular weight is 404 g/mol. The van der Waals surface area contributed by atoms with Crippen LogP contribution in [-0.4, -0.2) is 54.5 Å². The molecule has 1 aliphatic rings. The standard InChI is InChI=1S/C16H25N3O5S2/c1-4-9-26(22,23)19-8-6-7-14(19)15(21)24-10-13-11-25-16(17-13)18(5-2)12(3)20/h11,14H,4-10H2,1-3H3. The van der Waals surface area contributed by atoms with Gasteiger partial charge in [0.2, 0.25) is 15.9 Å². The lowest BCUT2D eigenvalue weighted by molar-refractivity contribution is -0.148. The summed E-state index contributed by atoms with van der Waals surface area (Å²) >= 11 is 1.30. The van der Waals surface area contributed by atoms with Crippen molar-refractivity contribution in [1.82, 2.24) is 9.29 Å². The summed E-state index contributed by atoms with van der Waals surface area (Å²) in [6.45, 7) is 5.94. The van der Waals surface area contributed by atoms with Crippen molar-refractivity contribution in [2.45, 2.75) is 52.7 Å². The highest BCUT2D eigenvalue weighted by atomic mass is 32.2. The molecule has 1 unspecified atom stereocenters. The highest BCUT2D eigenvalue weighted by Gasteiger charge is 2.39. The number of nitrogens with zero attached hydrogens (tertiary/aromatic N) is 3. The smallest absolute Gasteiger partial charge is 0.324 e. The van der Waals surface area contributed by atoms with Gasteiger partial charge in [0.15, 0.2) is 5.13 Å². The monoisotopic (exact) mass is 403 g/mol. The Bertz CT molecular complexity index is 747. The van der Waals surface area contributed by atoms with E-state index in [4.69, 9.17) is 4.74 Å². The summed E-state index contributed by atoms with van der Waals surface area (Å²) in [7, 11) is -3.43. The lowest BCUT2D eigenvalue weighted by Gasteiger charge is -2.22. The van der Waals surface area contributed by atoms with Crippen LogP contribution in [0, 0.1) is 0 Å². The number of carbonyl (C=O) groups excluding carboxylic acids is 2. The first kappa shape index (κ1) is 20.8. The molecule has 1 aromatic rings. The third-order valence-corrected chi connectivity index (χ3v) is 7.11. The molecule has 0 N–H and O–H groups in total. The first-order valence-electron chi connectivity index (χ1n) is 8.68. The summed E-state index contributed by atoms with van der Waals surface area (Å²) in [5, 5.41) is 2.29. The summed E-state index contributed by atoms with van der Waals surface area (Å²) in [5.41, 5.74) is 0.541. The summed E-state index contributed by atoms with van der Waals surface area (Å²) in [6, 6.07) is -0.756. The van der Waals surface area contributed by atoms with Crippen LogP contribution >= 0.6 is 11.3 Å². The van der Waals surface area contributed by atoms with Gasteiger partial charge < -0.3 is 4.74 Å². The van der Waals surface area contributed by atoms with Crippen LogP contribution in [0.15, 0.2) is 5.38 Å². The van der Waals surface area contributed by atoms with Gasteiger partial charge in [-0.1, -0.05) is 6.92 Å². The number of thiazole rings is 1. The van der Waals surface area contributed by atoms with E-state index in [1.54, 1.807) is 12.3 Å². The summed E-state index contributed by atoms with van der Waals surface area (Å²) in [5.74, 6) is -0.617. The van der Waals surface area contributed by atoms with Gasteiger partial charge >= 0.3 is 5.97 Å². The maximum absolute atomic E-state index is 12.4. The zero-order valence-corrected chi connectivity index (χ0v) is 16.9. The van der Waals surface area contributed by atoms with Gasteiger partial charge in [-0.15, -0.1) is 11.3 Å². The van der Waals surface area contributed by atoms with E-state index in [1.807, 2.05) is 6.92 Å². The fraction of sp³-hybridized carbons (Fsp3) is 0.688. The molecular formula is C16H25N3O5S2. The van der Waals surface area contributed by atoms with Crippen molar-refractivity contribution in [3.8, 4) is 0 Å². The normalized spacial score (nSPS) is 18.0. The molecule has 26 heavy (non-hydrogen) atoms. The number of sulfonamides is 1. The largest absolute Gasteiger partial charge is 0.458 e. The van der Waals surface area contributed by atoms with Crippen molar-refractivity contribution in [1.29, 1.82) is 0 Å². The van der Waals surface area contributed by atoms with Gasteiger partial charge in [-0.2, -0.15) is 4.31 Å². The number of amides is 1. The van der Waals surface area contributed by atoms with Crippen LogP contribution in [0.1, 0.15) is 45.7 Å². The number of esters is 1. The first-order chi connectivity index (χ1) is 12.3. The van der Waals surface area contributed by atoms with Crippen LogP contribution in [0.2, 0.25) is 0 Å². The van der Waals surface area contributed by atoms with Gasteiger partial charge in [0, 0.05) is 25.4 Å². The van der Waals surface area contributed by atoms with Crippen LogP contribution in [0.3, 0.4) is 0 Å². The van der Waals surface area contributed by atoms with E-state index in [9.17, 15) is 18.0 Å². The van der Waals surface area contributed by atoms with Gasteiger partial charge in [-0.3, -0.25) is 14.5 Å². The van der Waals surface area contributed by atoms with E-state index in [2.05, 4.69) is 4.98 Å². The molecule has 1 fully saturated rings. The minimum atomic E-state index is -3.43. The van der Waals surface area contributed by atoms with Crippen molar-refractivity contribution < 1.29 is 22.7 Å². The molecule has 0 aromatic carbocycles. The second-order valence-corrected chi connectivity index (χ2v) is 8.95. The predicted octanol–water partition coefficient (Wildman–Crippen LogP) is 1.76. The van der Waals surface area contributed by atoms with E-state index in [0.29, 0.717) is 43.2 Å². The predicted molar refractivity (Wildman–Crippen MR) is 99.4 cm³/mol. The van der Waals surface area contributed by atoms with Crippen LogP contribution < -0.4 is 4.90 Å². The van der Waals surface area contributed by atoms with E-state index < -0.39 is 22.0 Å². The van der Waals surface area contributed by atoms with Gasteiger partial charge in [-0.25, -0.2) is 13.4 Å². The molecule has 8 nitrogen and oxygen atoms in total. The third-order valence-electron chi connectivity index (χ3n) is 4.12. The Hall–Kier alpha value is -1.52. The van der Waals surface area contributed by atoms with Crippen LogP contribution in [0.4, 0.5) is 5.13 Å². The number of carbonyl (C=O) groups is 2. The number of ether oxygens (including phenoxy) is 1. The van der Waals surface area contributed by atoms with E-state index in [1.165, 1.54) is 27.5 Å². The second-order valence-electron chi connectivity index (χ2n) is 6.08. The number of hydrogen-bond acceptors (Lipinski definition) is 7. The molecule has 2 rings (SSSR count). The van der Waals surface area contributed by atoms with Gasteiger partial charge in [0.1, 0.15) is 12.6 Å². The Labute approximate surface area is 158 Å². The molecule has 1 amide bonds. The fourth-order valence-electron chi connectivity index (χ4n) is 2.90. The number of hydrogen-bond donors (Lipinski definition) is 0. The molecule has 10 heteroatoms. The topological polar surface area (TPSA) is 96.9 Å². The molecule has 0 spiro atoms. The van der Waals surface area contributed by atoms with Crippen LogP contribution in [-0.2, 0) is 31.0 Å². The van der Waals surface area contributed by atoms with Crippen LogP contribution in [0.5, 0.6) is 0 Å². The molecule has 1 aromatic heterocycles. The Morgan fingerprint density at radius 2 is 2.15 bits per heavy atom. The molecular weight excluding hydrogens is 378 g/mol.